The molecule has 0 unspecified atom stereocenters. The highest BCUT2D eigenvalue weighted by atomic mass is 35.5. The van der Waals surface area contributed by atoms with E-state index in [9.17, 15) is 9.90 Å². The van der Waals surface area contributed by atoms with Crippen LogP contribution in [0.5, 0.6) is 0 Å². The van der Waals surface area contributed by atoms with Gasteiger partial charge in [0.25, 0.3) is 0 Å². The Kier molecular flexibility index (Phi) is 6.94. The molecular formula is C25H25ClN6O2. The van der Waals surface area contributed by atoms with E-state index in [2.05, 4.69) is 38.4 Å². The summed E-state index contributed by atoms with van der Waals surface area (Å²) in [5.41, 5.74) is 3.53. The summed E-state index contributed by atoms with van der Waals surface area (Å²) in [6, 6.07) is 13.7. The number of carboxylic acids is 1. The first-order chi connectivity index (χ1) is 16.1. The van der Waals surface area contributed by atoms with Crippen LogP contribution in [-0.2, 0) is 4.79 Å². The van der Waals surface area contributed by atoms with Crippen molar-refractivity contribution < 1.29 is 9.90 Å². The van der Waals surface area contributed by atoms with Crippen molar-refractivity contribution in [3.63, 3.8) is 0 Å². The fourth-order valence-electron chi connectivity index (χ4n) is 4.20. The van der Waals surface area contributed by atoms with Crippen LogP contribution >= 0.6 is 12.4 Å². The number of nitrogens with one attached hydrogen (secondary N) is 1. The second-order valence-corrected chi connectivity index (χ2v) is 8.62. The van der Waals surface area contributed by atoms with Crippen LogP contribution in [0.4, 0.5) is 17.5 Å². The highest BCUT2D eigenvalue weighted by Gasteiger charge is 2.26. The molecule has 0 amide bonds. The van der Waals surface area contributed by atoms with Crippen LogP contribution in [0.15, 0.2) is 48.8 Å². The smallest absolute Gasteiger partial charge is 0.306 e. The first-order valence-corrected chi connectivity index (χ1v) is 11.2. The molecule has 0 atom stereocenters. The third kappa shape index (κ3) is 5.26. The predicted molar refractivity (Wildman–Crippen MR) is 131 cm³/mol. The number of aliphatic carboxylic acids is 1. The second-order valence-electron chi connectivity index (χ2n) is 8.62. The zero-order valence-electron chi connectivity index (χ0n) is 18.5. The Bertz CT molecular complexity index is 1210. The number of hydrogen-bond acceptors (Lipinski definition) is 7. The maximum atomic E-state index is 11.2. The zero-order chi connectivity index (χ0) is 22.8. The average Bonchev–Trinajstić information content (AvgIpc) is 3.70. The number of carboxylic acid groups (broad SMARTS) is 1. The average molecular weight is 477 g/mol. The van der Waals surface area contributed by atoms with Gasteiger partial charge in [0.05, 0.1) is 23.2 Å². The van der Waals surface area contributed by atoms with Gasteiger partial charge in [0, 0.05) is 31.0 Å². The van der Waals surface area contributed by atoms with Gasteiger partial charge in [-0.3, -0.25) is 4.79 Å². The number of hydrogen-bond donors (Lipinski definition) is 2. The minimum Gasteiger partial charge on any atom is -0.481 e. The Hall–Kier alpha value is -3.70. The van der Waals surface area contributed by atoms with Crippen molar-refractivity contribution in [3.05, 3.63) is 59.9 Å². The van der Waals surface area contributed by atoms with Crippen molar-refractivity contribution in [1.82, 2.24) is 15.0 Å². The molecule has 5 rings (SSSR count). The van der Waals surface area contributed by atoms with Gasteiger partial charge in [-0.2, -0.15) is 5.26 Å². The molecule has 3 aromatic rings. The van der Waals surface area contributed by atoms with Crippen LogP contribution in [0.1, 0.15) is 42.7 Å². The van der Waals surface area contributed by atoms with Gasteiger partial charge in [-0.25, -0.2) is 15.0 Å². The quantitative estimate of drug-likeness (QED) is 0.523. The number of nitrogens with zero attached hydrogens (tertiary/aromatic N) is 5. The van der Waals surface area contributed by atoms with Crippen LogP contribution in [0, 0.1) is 17.2 Å². The molecular weight excluding hydrogens is 452 g/mol. The Morgan fingerprint density at radius 2 is 1.85 bits per heavy atom. The summed E-state index contributed by atoms with van der Waals surface area (Å²) in [6.45, 7) is 1.39. The van der Waals surface area contributed by atoms with Crippen LogP contribution in [0.3, 0.4) is 0 Å². The SMILES string of the molecule is Cl.N#Cc1ccnc(Nc2cc(C3CC3)cc(-c3ccc(N4CCC(C(=O)O)CC4)nc3)n2)c1. The lowest BCUT2D eigenvalue weighted by Gasteiger charge is -2.31. The molecule has 4 heterocycles. The summed E-state index contributed by atoms with van der Waals surface area (Å²) in [6.07, 6.45) is 7.06. The van der Waals surface area contributed by atoms with E-state index in [1.165, 1.54) is 18.4 Å². The molecule has 9 heteroatoms. The molecule has 0 aromatic carbocycles. The van der Waals surface area contributed by atoms with Crippen LogP contribution < -0.4 is 10.2 Å². The molecule has 8 nitrogen and oxygen atoms in total. The van der Waals surface area contributed by atoms with E-state index in [1.54, 1.807) is 18.3 Å². The fourth-order valence-corrected chi connectivity index (χ4v) is 4.20. The summed E-state index contributed by atoms with van der Waals surface area (Å²) >= 11 is 0. The summed E-state index contributed by atoms with van der Waals surface area (Å²) < 4.78 is 0. The third-order valence-electron chi connectivity index (χ3n) is 6.25. The molecule has 34 heavy (non-hydrogen) atoms. The van der Waals surface area contributed by atoms with Crippen molar-refractivity contribution >= 4 is 35.8 Å². The normalized spacial score (nSPS) is 15.8. The van der Waals surface area contributed by atoms with Crippen molar-refractivity contribution in [1.29, 1.82) is 5.26 Å². The van der Waals surface area contributed by atoms with E-state index < -0.39 is 5.97 Å². The lowest BCUT2D eigenvalue weighted by Crippen LogP contribution is -2.36. The van der Waals surface area contributed by atoms with E-state index in [0.29, 0.717) is 49.0 Å². The van der Waals surface area contributed by atoms with Gasteiger partial charge in [-0.05, 0) is 73.6 Å². The Labute approximate surface area is 204 Å². The van der Waals surface area contributed by atoms with Gasteiger partial charge >= 0.3 is 5.97 Å². The van der Waals surface area contributed by atoms with Crippen LogP contribution in [-0.4, -0.2) is 39.1 Å². The van der Waals surface area contributed by atoms with Gasteiger partial charge in [0.1, 0.15) is 17.5 Å². The van der Waals surface area contributed by atoms with E-state index in [-0.39, 0.29) is 18.3 Å². The number of anilines is 3. The Morgan fingerprint density at radius 1 is 1.06 bits per heavy atom. The van der Waals surface area contributed by atoms with E-state index in [4.69, 9.17) is 10.2 Å². The molecule has 2 N–H and O–H groups in total. The number of aromatic nitrogens is 3. The molecule has 1 saturated heterocycles. The molecule has 0 radical (unpaired) electrons. The molecule has 2 fully saturated rings. The summed E-state index contributed by atoms with van der Waals surface area (Å²) in [5, 5.41) is 21.6. The van der Waals surface area contributed by atoms with Crippen LogP contribution in [0.2, 0.25) is 0 Å². The summed E-state index contributed by atoms with van der Waals surface area (Å²) in [5.74, 6) is 1.71. The maximum Gasteiger partial charge on any atom is 0.306 e. The second kappa shape index (κ2) is 10.1. The molecule has 1 aliphatic carbocycles. The Balaban J connectivity index is 0.00000274. The lowest BCUT2D eigenvalue weighted by atomic mass is 9.97. The van der Waals surface area contributed by atoms with E-state index in [1.807, 2.05) is 18.3 Å². The zero-order valence-corrected chi connectivity index (χ0v) is 19.3. The van der Waals surface area contributed by atoms with Gasteiger partial charge in [0.15, 0.2) is 0 Å². The van der Waals surface area contributed by atoms with Gasteiger partial charge in [-0.1, -0.05) is 0 Å². The molecule has 0 spiro atoms. The fraction of sp³-hybridized carbons (Fsp3) is 0.320. The summed E-state index contributed by atoms with van der Waals surface area (Å²) in [4.78, 5) is 27.1. The van der Waals surface area contributed by atoms with Gasteiger partial charge in [0.2, 0.25) is 0 Å². The lowest BCUT2D eigenvalue weighted by molar-refractivity contribution is -0.142. The van der Waals surface area contributed by atoms with Gasteiger partial charge < -0.3 is 15.3 Å². The highest BCUT2D eigenvalue weighted by Crippen LogP contribution is 2.42. The molecule has 1 saturated carbocycles. The van der Waals surface area contributed by atoms with Gasteiger partial charge in [-0.15, -0.1) is 12.4 Å². The molecule has 3 aromatic heterocycles. The van der Waals surface area contributed by atoms with Crippen LogP contribution in [0.25, 0.3) is 11.3 Å². The number of halogens is 1. The first kappa shape index (κ1) is 23.5. The van der Waals surface area contributed by atoms with Crippen molar-refractivity contribution in [2.75, 3.05) is 23.3 Å². The van der Waals surface area contributed by atoms with E-state index >= 15 is 0 Å². The van der Waals surface area contributed by atoms with E-state index in [0.717, 1.165) is 17.1 Å². The molecule has 0 bridgehead atoms. The molecule has 1 aliphatic heterocycles. The predicted octanol–water partition coefficient (Wildman–Crippen LogP) is 4.75. The standard InChI is InChI=1S/C25H24N6O2.ClH/c26-14-16-5-8-27-22(11-16)30-23-13-20(17-1-2-17)12-21(29-23)19-3-4-24(28-15-19)31-9-6-18(7-10-31)25(32)33;/h3-5,8,11-13,15,17-18H,1-2,6-7,9-10H2,(H,32,33)(H,27,29,30);1H. The third-order valence-corrected chi connectivity index (χ3v) is 6.25. The number of pyridine rings is 3. The monoisotopic (exact) mass is 476 g/mol. The number of carbonyl (C=O) groups is 1. The maximum absolute atomic E-state index is 11.2. The van der Waals surface area contributed by atoms with Crippen molar-refractivity contribution in [2.45, 2.75) is 31.6 Å². The topological polar surface area (TPSA) is 115 Å². The minimum atomic E-state index is -0.710. The number of piperidine rings is 1. The largest absolute Gasteiger partial charge is 0.481 e. The Morgan fingerprint density at radius 3 is 2.50 bits per heavy atom. The molecule has 2 aliphatic rings. The number of nitriles is 1. The first-order valence-electron chi connectivity index (χ1n) is 11.2. The number of rotatable bonds is 6. The van der Waals surface area contributed by atoms with Crippen molar-refractivity contribution in [3.8, 4) is 17.3 Å². The minimum absolute atomic E-state index is 0. The van der Waals surface area contributed by atoms with Crippen molar-refractivity contribution in [2.24, 2.45) is 5.92 Å². The molecule has 174 valence electrons. The summed E-state index contributed by atoms with van der Waals surface area (Å²) in [7, 11) is 0. The highest BCUT2D eigenvalue weighted by molar-refractivity contribution is 5.85.